The lowest BCUT2D eigenvalue weighted by atomic mass is 10.2. The molecule has 0 aliphatic heterocycles. The second-order valence-electron chi connectivity index (χ2n) is 3.55. The molecular formula is C12H13ClN2O. The number of benzene rings is 1. The van der Waals surface area contributed by atoms with Gasteiger partial charge in [-0.25, -0.2) is 0 Å². The van der Waals surface area contributed by atoms with Crippen molar-refractivity contribution in [1.29, 1.82) is 0 Å². The Hall–Kier alpha value is -1.29. The number of halogens is 1. The molecule has 0 radical (unpaired) electrons. The Kier molecular flexibility index (Phi) is 3.29. The zero-order valence-electron chi connectivity index (χ0n) is 8.69. The van der Waals surface area contributed by atoms with Crippen molar-refractivity contribution >= 4 is 11.6 Å². The van der Waals surface area contributed by atoms with Crippen LogP contribution in [0.4, 0.5) is 0 Å². The summed E-state index contributed by atoms with van der Waals surface area (Å²) in [6.45, 7) is 0.369. The highest BCUT2D eigenvalue weighted by atomic mass is 35.5. The topological polar surface area (TPSA) is 65.2 Å². The van der Waals surface area contributed by atoms with Gasteiger partial charge in [0.1, 0.15) is 11.5 Å². The Labute approximate surface area is 99.0 Å². The Morgan fingerprint density at radius 1 is 1.12 bits per heavy atom. The first-order chi connectivity index (χ1) is 7.70. The molecule has 0 amide bonds. The summed E-state index contributed by atoms with van der Waals surface area (Å²) < 4.78 is 5.61. The van der Waals surface area contributed by atoms with Crippen LogP contribution in [0, 0.1) is 0 Å². The molecule has 84 valence electrons. The molecule has 16 heavy (non-hydrogen) atoms. The van der Waals surface area contributed by atoms with E-state index >= 15 is 0 Å². The Balaban J connectivity index is 2.28. The maximum Gasteiger partial charge on any atom is 0.134 e. The SMILES string of the molecule is NCC(N)c1ccc(-c2ccc(Cl)cc2)o1. The highest BCUT2D eigenvalue weighted by Gasteiger charge is 2.10. The van der Waals surface area contributed by atoms with E-state index in [9.17, 15) is 0 Å². The van der Waals surface area contributed by atoms with Crippen molar-refractivity contribution in [2.75, 3.05) is 6.54 Å². The first kappa shape index (κ1) is 11.2. The van der Waals surface area contributed by atoms with Crippen LogP contribution >= 0.6 is 11.6 Å². The fourth-order valence-electron chi connectivity index (χ4n) is 1.44. The van der Waals surface area contributed by atoms with Gasteiger partial charge in [0.2, 0.25) is 0 Å². The first-order valence-corrected chi connectivity index (χ1v) is 5.40. The molecule has 0 spiro atoms. The Bertz CT molecular complexity index is 464. The van der Waals surface area contributed by atoms with Gasteiger partial charge < -0.3 is 15.9 Å². The third-order valence-electron chi connectivity index (χ3n) is 2.37. The second-order valence-corrected chi connectivity index (χ2v) is 3.99. The van der Waals surface area contributed by atoms with E-state index in [1.54, 1.807) is 0 Å². The van der Waals surface area contributed by atoms with E-state index in [2.05, 4.69) is 0 Å². The van der Waals surface area contributed by atoms with Crippen LogP contribution in [0.25, 0.3) is 11.3 Å². The minimum absolute atomic E-state index is 0.249. The first-order valence-electron chi connectivity index (χ1n) is 5.02. The van der Waals surface area contributed by atoms with Crippen LogP contribution in [0.1, 0.15) is 11.8 Å². The minimum atomic E-state index is -0.249. The van der Waals surface area contributed by atoms with Gasteiger partial charge in [0.15, 0.2) is 0 Å². The molecule has 1 heterocycles. The molecule has 1 unspecified atom stereocenters. The predicted molar refractivity (Wildman–Crippen MR) is 65.1 cm³/mol. The molecule has 0 bridgehead atoms. The van der Waals surface area contributed by atoms with Crippen molar-refractivity contribution in [2.45, 2.75) is 6.04 Å². The number of hydrogen-bond acceptors (Lipinski definition) is 3. The minimum Gasteiger partial charge on any atom is -0.459 e. The van der Waals surface area contributed by atoms with Crippen LogP contribution in [-0.4, -0.2) is 6.54 Å². The number of rotatable bonds is 3. The van der Waals surface area contributed by atoms with Crippen LogP contribution in [0.3, 0.4) is 0 Å². The zero-order valence-corrected chi connectivity index (χ0v) is 9.45. The van der Waals surface area contributed by atoms with Gasteiger partial charge in [0.05, 0.1) is 6.04 Å². The van der Waals surface area contributed by atoms with E-state index in [4.69, 9.17) is 27.5 Å². The average Bonchev–Trinajstić information content (AvgIpc) is 2.78. The summed E-state index contributed by atoms with van der Waals surface area (Å²) in [6.07, 6.45) is 0. The van der Waals surface area contributed by atoms with Crippen molar-refractivity contribution in [3.8, 4) is 11.3 Å². The fraction of sp³-hybridized carbons (Fsp3) is 0.167. The smallest absolute Gasteiger partial charge is 0.134 e. The highest BCUT2D eigenvalue weighted by molar-refractivity contribution is 6.30. The standard InChI is InChI=1S/C12H13ClN2O/c13-9-3-1-8(2-4-9)11-5-6-12(16-11)10(15)7-14/h1-6,10H,7,14-15H2. The molecule has 1 aromatic heterocycles. The summed E-state index contributed by atoms with van der Waals surface area (Å²) in [5, 5.41) is 0.703. The van der Waals surface area contributed by atoms with E-state index in [-0.39, 0.29) is 6.04 Å². The summed E-state index contributed by atoms with van der Waals surface area (Å²) in [5.74, 6) is 1.48. The fourth-order valence-corrected chi connectivity index (χ4v) is 1.56. The molecule has 4 N–H and O–H groups in total. The van der Waals surface area contributed by atoms with Gasteiger partial charge in [-0.15, -0.1) is 0 Å². The molecular weight excluding hydrogens is 224 g/mol. The molecule has 0 fully saturated rings. The molecule has 2 aromatic rings. The van der Waals surface area contributed by atoms with E-state index in [0.29, 0.717) is 17.3 Å². The normalized spacial score (nSPS) is 12.7. The molecule has 1 aromatic carbocycles. The van der Waals surface area contributed by atoms with Crippen LogP contribution in [0.2, 0.25) is 5.02 Å². The van der Waals surface area contributed by atoms with Crippen LogP contribution in [0.5, 0.6) is 0 Å². The average molecular weight is 237 g/mol. The number of nitrogens with two attached hydrogens (primary N) is 2. The van der Waals surface area contributed by atoms with Crippen LogP contribution in [-0.2, 0) is 0 Å². The molecule has 0 saturated heterocycles. The molecule has 4 heteroatoms. The van der Waals surface area contributed by atoms with Gasteiger partial charge in [-0.05, 0) is 36.4 Å². The van der Waals surface area contributed by atoms with Crippen molar-refractivity contribution < 1.29 is 4.42 Å². The summed E-state index contributed by atoms with van der Waals surface area (Å²) in [6, 6.07) is 10.9. The Morgan fingerprint density at radius 3 is 2.44 bits per heavy atom. The maximum absolute atomic E-state index is 5.81. The maximum atomic E-state index is 5.81. The number of hydrogen-bond donors (Lipinski definition) is 2. The van der Waals surface area contributed by atoms with Gasteiger partial charge in [0.25, 0.3) is 0 Å². The molecule has 0 aliphatic carbocycles. The Morgan fingerprint density at radius 2 is 1.81 bits per heavy atom. The largest absolute Gasteiger partial charge is 0.459 e. The predicted octanol–water partition coefficient (Wildman–Crippen LogP) is 2.56. The van der Waals surface area contributed by atoms with Gasteiger partial charge in [-0.3, -0.25) is 0 Å². The molecule has 0 aliphatic rings. The third-order valence-corrected chi connectivity index (χ3v) is 2.63. The van der Waals surface area contributed by atoms with Gasteiger partial charge in [0, 0.05) is 17.1 Å². The molecule has 0 saturated carbocycles. The van der Waals surface area contributed by atoms with Crippen molar-refractivity contribution in [3.05, 3.63) is 47.2 Å². The molecule has 1 atom stereocenters. The lowest BCUT2D eigenvalue weighted by Crippen LogP contribution is -2.19. The monoisotopic (exact) mass is 236 g/mol. The van der Waals surface area contributed by atoms with E-state index in [1.807, 2.05) is 36.4 Å². The number of furan rings is 1. The third kappa shape index (κ3) is 2.27. The lowest BCUT2D eigenvalue weighted by molar-refractivity contribution is 0.480. The molecule has 2 rings (SSSR count). The summed E-state index contributed by atoms with van der Waals surface area (Å²) in [4.78, 5) is 0. The molecule has 3 nitrogen and oxygen atoms in total. The van der Waals surface area contributed by atoms with Crippen molar-refractivity contribution in [3.63, 3.8) is 0 Å². The summed E-state index contributed by atoms with van der Waals surface area (Å²) in [5.41, 5.74) is 12.2. The van der Waals surface area contributed by atoms with E-state index in [0.717, 1.165) is 11.3 Å². The summed E-state index contributed by atoms with van der Waals surface area (Å²) >= 11 is 5.81. The lowest BCUT2D eigenvalue weighted by Gasteiger charge is -2.03. The van der Waals surface area contributed by atoms with Crippen molar-refractivity contribution in [2.24, 2.45) is 11.5 Å². The van der Waals surface area contributed by atoms with Crippen molar-refractivity contribution in [1.82, 2.24) is 0 Å². The quantitative estimate of drug-likeness (QED) is 0.861. The zero-order chi connectivity index (χ0) is 11.5. The highest BCUT2D eigenvalue weighted by Crippen LogP contribution is 2.25. The van der Waals surface area contributed by atoms with Crippen LogP contribution in [0.15, 0.2) is 40.8 Å². The van der Waals surface area contributed by atoms with E-state index in [1.165, 1.54) is 0 Å². The van der Waals surface area contributed by atoms with Gasteiger partial charge in [-0.1, -0.05) is 11.6 Å². The second kappa shape index (κ2) is 4.70. The van der Waals surface area contributed by atoms with E-state index < -0.39 is 0 Å². The van der Waals surface area contributed by atoms with Crippen LogP contribution < -0.4 is 11.5 Å². The summed E-state index contributed by atoms with van der Waals surface area (Å²) in [7, 11) is 0. The van der Waals surface area contributed by atoms with Gasteiger partial charge >= 0.3 is 0 Å². The van der Waals surface area contributed by atoms with Gasteiger partial charge in [-0.2, -0.15) is 0 Å².